The quantitative estimate of drug-likeness (QED) is 0.123. The van der Waals surface area contributed by atoms with E-state index in [1.165, 1.54) is 28.7 Å². The highest BCUT2D eigenvalue weighted by molar-refractivity contribution is 7.80. The highest BCUT2D eigenvalue weighted by Crippen LogP contribution is 2.70. The van der Waals surface area contributed by atoms with E-state index >= 15 is 4.39 Å². The van der Waals surface area contributed by atoms with Crippen molar-refractivity contribution in [1.82, 2.24) is 9.88 Å². The summed E-state index contributed by atoms with van der Waals surface area (Å²) in [6, 6.07) is 39.1. The number of aromatic nitrogens is 1. The van der Waals surface area contributed by atoms with Gasteiger partial charge in [-0.1, -0.05) is 104 Å². The van der Waals surface area contributed by atoms with E-state index in [0.29, 0.717) is 35.9 Å². The van der Waals surface area contributed by atoms with Gasteiger partial charge in [-0.3, -0.25) is 14.6 Å². The van der Waals surface area contributed by atoms with Gasteiger partial charge in [-0.25, -0.2) is 4.39 Å². The second-order valence-electron chi connectivity index (χ2n) is 19.8. The Bertz CT molecular complexity index is 2620. The molecule has 11 heteroatoms. The molecule has 0 aliphatic heterocycles. The van der Waals surface area contributed by atoms with E-state index in [0.717, 1.165) is 35.5 Å². The van der Waals surface area contributed by atoms with Crippen molar-refractivity contribution < 1.29 is 34.0 Å². The van der Waals surface area contributed by atoms with Gasteiger partial charge in [-0.2, -0.15) is 0 Å². The number of halogens is 1. The largest absolute Gasteiger partial charge is 0.432 e. The summed E-state index contributed by atoms with van der Waals surface area (Å²) < 4.78 is 22.7. The summed E-state index contributed by atoms with van der Waals surface area (Å²) in [7, 11) is 6.14. The van der Waals surface area contributed by atoms with Gasteiger partial charge >= 0.3 is 0 Å². The Balaban J connectivity index is 0.000000155. The number of nitrogens with zero attached hydrogens (tertiary/aromatic N) is 3. The van der Waals surface area contributed by atoms with Crippen molar-refractivity contribution in [3.63, 3.8) is 0 Å². The Morgan fingerprint density at radius 2 is 1.63 bits per heavy atom. The molecule has 4 aromatic carbocycles. The number of ketones is 2. The first kappa shape index (κ1) is 50.4. The van der Waals surface area contributed by atoms with Gasteiger partial charge in [0.25, 0.3) is 5.17 Å². The molecule has 358 valence electrons. The third kappa shape index (κ3) is 9.61. The molecule has 1 aromatic heterocycles. The van der Waals surface area contributed by atoms with Crippen LogP contribution >= 0.6 is 12.2 Å². The van der Waals surface area contributed by atoms with Crippen LogP contribution in [0.1, 0.15) is 75.6 Å². The normalized spacial score (nSPS) is 28.4. The van der Waals surface area contributed by atoms with Crippen LogP contribution in [-0.2, 0) is 9.59 Å². The van der Waals surface area contributed by atoms with Gasteiger partial charge in [0, 0.05) is 47.3 Å². The van der Waals surface area contributed by atoms with E-state index in [2.05, 4.69) is 97.6 Å². The maximum absolute atomic E-state index is 16.9. The molecular formula is C57H66FN3O6S. The summed E-state index contributed by atoms with van der Waals surface area (Å²) in [5, 5.41) is 34.7. The summed E-state index contributed by atoms with van der Waals surface area (Å²) in [5.74, 6) is -0.982. The van der Waals surface area contributed by atoms with Crippen LogP contribution in [-0.4, -0.2) is 93.6 Å². The Hall–Kier alpha value is -5.43. The van der Waals surface area contributed by atoms with Crippen molar-refractivity contribution in [3.05, 3.63) is 162 Å². The SMILES string of the molecule is CN(C)CCC(c1ccccc1)c1ccccn1.C[C@H]1C[C@H]2[C@@H]3CCC4=CC(=O)C=C[C@]4(C)[C@@]3(F)[C@@H](O)C[C@]2(C)[C@@]1(O)C(=O)CO.Cc1cccc(N(C)C(=S)Oc2ccc3ccccc3c2)c1. The van der Waals surface area contributed by atoms with Gasteiger partial charge in [-0.05, 0) is 161 Å². The molecule has 4 aliphatic carbocycles. The fourth-order valence-corrected chi connectivity index (χ4v) is 11.9. The number of aliphatic hydroxyl groups is 3. The van der Waals surface area contributed by atoms with Crippen molar-refractivity contribution in [2.45, 2.75) is 83.1 Å². The van der Waals surface area contributed by atoms with Crippen LogP contribution in [0.15, 0.2) is 145 Å². The van der Waals surface area contributed by atoms with Crippen LogP contribution in [0.3, 0.4) is 0 Å². The van der Waals surface area contributed by atoms with Gasteiger partial charge in [0.15, 0.2) is 17.2 Å². The van der Waals surface area contributed by atoms with Crippen molar-refractivity contribution in [2.24, 2.45) is 28.6 Å². The van der Waals surface area contributed by atoms with Crippen molar-refractivity contribution in [2.75, 3.05) is 39.2 Å². The van der Waals surface area contributed by atoms with E-state index in [-0.39, 0.29) is 18.1 Å². The van der Waals surface area contributed by atoms with Gasteiger partial charge < -0.3 is 29.9 Å². The Morgan fingerprint density at radius 1 is 0.926 bits per heavy atom. The smallest absolute Gasteiger partial charge is 0.269 e. The maximum atomic E-state index is 16.9. The molecule has 1 heterocycles. The minimum Gasteiger partial charge on any atom is -0.432 e. The van der Waals surface area contributed by atoms with Gasteiger partial charge in [0.05, 0.1) is 6.10 Å². The molecule has 9 nitrogen and oxygen atoms in total. The summed E-state index contributed by atoms with van der Waals surface area (Å²) >= 11 is 5.41. The number of alkyl halides is 1. The minimum absolute atomic E-state index is 0.0676. The summed E-state index contributed by atoms with van der Waals surface area (Å²) in [5.41, 5.74) is -0.454. The molecule has 0 spiro atoms. The van der Waals surface area contributed by atoms with Crippen LogP contribution in [0, 0.1) is 35.5 Å². The number of rotatable bonds is 9. The number of Topliss-reactive ketones (excluding diaryl/α,β-unsaturated/α-hetero) is 1. The summed E-state index contributed by atoms with van der Waals surface area (Å²) in [4.78, 5) is 33.0. The number of thiocarbonyl (C=S) groups is 1. The second-order valence-corrected chi connectivity index (χ2v) is 20.2. The first-order chi connectivity index (χ1) is 32.4. The highest BCUT2D eigenvalue weighted by atomic mass is 32.1. The number of anilines is 1. The van der Waals surface area contributed by atoms with E-state index < -0.39 is 52.4 Å². The summed E-state index contributed by atoms with van der Waals surface area (Å²) in [6.45, 7) is 7.61. The lowest BCUT2D eigenvalue weighted by molar-refractivity contribution is -0.219. The number of benzene rings is 4. The van der Waals surface area contributed by atoms with Gasteiger partial charge in [0.1, 0.15) is 18.0 Å². The Morgan fingerprint density at radius 3 is 2.31 bits per heavy atom. The topological polar surface area (TPSA) is 123 Å². The molecule has 3 saturated carbocycles. The van der Waals surface area contributed by atoms with E-state index in [9.17, 15) is 24.9 Å². The zero-order valence-electron chi connectivity index (χ0n) is 40.3. The molecule has 3 fully saturated rings. The zero-order chi connectivity index (χ0) is 49.0. The number of aliphatic hydroxyl groups excluding tert-OH is 2. The number of hydrogen-bond donors (Lipinski definition) is 3. The molecular weight excluding hydrogens is 874 g/mol. The molecule has 0 radical (unpaired) electrons. The average Bonchev–Trinajstić information content (AvgIpc) is 3.53. The lowest BCUT2D eigenvalue weighted by atomic mass is 9.44. The second kappa shape index (κ2) is 20.7. The minimum atomic E-state index is -1.98. The number of hydrogen-bond acceptors (Lipinski definition) is 9. The van der Waals surface area contributed by atoms with E-state index in [1.54, 1.807) is 26.8 Å². The standard InChI is InChI=1S/C22H29FO5.C19H17NOS.C16H20N2/c1-12-8-16-15-5-4-13-9-14(25)6-7-19(13,2)21(15,23)17(26)10-20(16,3)22(12,28)18(27)11-24;1-14-6-5-9-17(12-14)20(2)19(22)21-18-11-10-15-7-3-4-8-16(15)13-18;1-18(2)13-11-15(14-8-4-3-5-9-14)16-10-6-7-12-17-16/h6-7,9,12,15-17,24,26,28H,4-5,8,10-11H2,1-3H3;3-13H,1-2H3;3-10,12,15H,11,13H2,1-2H3/t12-,15-,16-,17-,19-,20-,21-,22-;;/m0../s1. The van der Waals surface area contributed by atoms with Crippen LogP contribution in [0.5, 0.6) is 5.75 Å². The van der Waals surface area contributed by atoms with Crippen LogP contribution in [0.2, 0.25) is 0 Å². The Kier molecular flexibility index (Phi) is 15.3. The fourth-order valence-electron chi connectivity index (χ4n) is 11.7. The van der Waals surface area contributed by atoms with Crippen LogP contribution in [0.4, 0.5) is 10.1 Å². The van der Waals surface area contributed by atoms with E-state index in [1.807, 2.05) is 66.7 Å². The molecule has 1 unspecified atom stereocenters. The molecule has 4 aliphatic rings. The van der Waals surface area contributed by atoms with Gasteiger partial charge in [-0.15, -0.1) is 0 Å². The van der Waals surface area contributed by atoms with E-state index in [4.69, 9.17) is 17.0 Å². The molecule has 0 amide bonds. The predicted molar refractivity (Wildman–Crippen MR) is 272 cm³/mol. The van der Waals surface area contributed by atoms with Crippen LogP contribution < -0.4 is 9.64 Å². The number of fused-ring (bicyclic) bond motifs is 6. The zero-order valence-corrected chi connectivity index (χ0v) is 41.1. The predicted octanol–water partition coefficient (Wildman–Crippen LogP) is 10.0. The molecule has 9 atom stereocenters. The molecule has 68 heavy (non-hydrogen) atoms. The van der Waals surface area contributed by atoms with Crippen molar-refractivity contribution >= 4 is 45.4 Å². The monoisotopic (exact) mass is 939 g/mol. The molecule has 0 saturated heterocycles. The third-order valence-electron chi connectivity index (χ3n) is 15.5. The third-order valence-corrected chi connectivity index (χ3v) is 15.8. The van der Waals surface area contributed by atoms with Crippen molar-refractivity contribution in [1.29, 1.82) is 0 Å². The fraction of sp³-hybridized carbons (Fsp3) is 0.404. The van der Waals surface area contributed by atoms with Gasteiger partial charge in [0.2, 0.25) is 0 Å². The number of ether oxygens (including phenoxy) is 1. The number of allylic oxidation sites excluding steroid dienone is 4. The first-order valence-electron chi connectivity index (χ1n) is 23.7. The molecule has 0 bridgehead atoms. The number of pyridine rings is 1. The van der Waals surface area contributed by atoms with Crippen molar-refractivity contribution in [3.8, 4) is 5.75 Å². The molecule has 5 aromatic rings. The lowest BCUT2D eigenvalue weighted by Crippen LogP contribution is -2.69. The molecule has 9 rings (SSSR count). The van der Waals surface area contributed by atoms with Crippen LogP contribution in [0.25, 0.3) is 10.8 Å². The highest BCUT2D eigenvalue weighted by Gasteiger charge is 2.75. The first-order valence-corrected chi connectivity index (χ1v) is 24.1. The Labute approximate surface area is 406 Å². The average molecular weight is 940 g/mol. The number of carbonyl (C=O) groups excluding carboxylic acids is 2. The number of carbonyl (C=O) groups is 2. The molecule has 3 N–H and O–H groups in total. The lowest BCUT2D eigenvalue weighted by Gasteiger charge is -2.62. The maximum Gasteiger partial charge on any atom is 0.269 e. The summed E-state index contributed by atoms with van der Waals surface area (Å²) in [6.07, 6.45) is 7.41. The number of aryl methyl sites for hydroxylation is 1.